The molecule has 6 heteroatoms. The van der Waals surface area contributed by atoms with E-state index in [1.54, 1.807) is 0 Å². The van der Waals surface area contributed by atoms with Gasteiger partial charge in [0.25, 0.3) is 0 Å². The van der Waals surface area contributed by atoms with Gasteiger partial charge in [0.15, 0.2) is 0 Å². The average Bonchev–Trinajstić information content (AvgIpc) is 1.94. The van der Waals surface area contributed by atoms with Crippen LogP contribution in [0.2, 0.25) is 0 Å². The van der Waals surface area contributed by atoms with Crippen molar-refractivity contribution in [3.8, 4) is 0 Å². The molecular weight excluding hydrogens is 180 g/mol. The van der Waals surface area contributed by atoms with Gasteiger partial charge in [-0.15, -0.1) is 0 Å². The highest BCUT2D eigenvalue weighted by Gasteiger charge is 1.97. The minimum atomic E-state index is -3.05. The average molecular weight is 196 g/mol. The van der Waals surface area contributed by atoms with Crippen molar-refractivity contribution in [2.45, 2.75) is 6.42 Å². The van der Waals surface area contributed by atoms with Gasteiger partial charge in [0, 0.05) is 19.7 Å². The lowest BCUT2D eigenvalue weighted by Crippen LogP contribution is -2.24. The molecule has 0 unspecified atom stereocenters. The Hall–Kier alpha value is -0.170. The zero-order valence-electron chi connectivity index (χ0n) is 7.25. The van der Waals surface area contributed by atoms with Crippen LogP contribution in [0.25, 0.3) is 0 Å². The highest BCUT2D eigenvalue weighted by molar-refractivity contribution is 7.88. The van der Waals surface area contributed by atoms with Crippen LogP contribution in [0.15, 0.2) is 0 Å². The number of hydrogen-bond acceptors (Lipinski definition) is 4. The Labute approximate surface area is 73.3 Å². The molecular formula is C6H16N2O3S. The van der Waals surface area contributed by atoms with E-state index in [1.165, 1.54) is 0 Å². The summed E-state index contributed by atoms with van der Waals surface area (Å²) in [6.07, 6.45) is 1.81. The molecule has 0 heterocycles. The van der Waals surface area contributed by atoms with Crippen LogP contribution in [0.4, 0.5) is 0 Å². The van der Waals surface area contributed by atoms with Gasteiger partial charge in [-0.25, -0.2) is 13.1 Å². The first kappa shape index (κ1) is 11.8. The van der Waals surface area contributed by atoms with Gasteiger partial charge in [-0.3, -0.25) is 0 Å². The van der Waals surface area contributed by atoms with Crippen molar-refractivity contribution in [1.82, 2.24) is 4.72 Å². The molecule has 0 aromatic heterocycles. The third-order valence-electron chi connectivity index (χ3n) is 1.09. The number of ether oxygens (including phenoxy) is 1. The van der Waals surface area contributed by atoms with E-state index in [2.05, 4.69) is 4.72 Å². The van der Waals surface area contributed by atoms with E-state index < -0.39 is 10.0 Å². The molecule has 0 aromatic carbocycles. The van der Waals surface area contributed by atoms with Crippen LogP contribution in [0.1, 0.15) is 6.42 Å². The molecule has 0 aliphatic carbocycles. The molecule has 0 radical (unpaired) electrons. The zero-order valence-corrected chi connectivity index (χ0v) is 8.06. The van der Waals surface area contributed by atoms with Gasteiger partial charge in [0.1, 0.15) is 0 Å². The molecule has 0 saturated carbocycles. The van der Waals surface area contributed by atoms with Gasteiger partial charge in [0.05, 0.1) is 12.9 Å². The molecule has 0 aromatic rings. The SMILES string of the molecule is CS(=O)(=O)NCCCOCCN. The molecule has 0 fully saturated rings. The second-order valence-corrected chi connectivity index (χ2v) is 4.25. The summed E-state index contributed by atoms with van der Waals surface area (Å²) in [4.78, 5) is 0. The van der Waals surface area contributed by atoms with Crippen LogP contribution in [0.3, 0.4) is 0 Å². The fraction of sp³-hybridized carbons (Fsp3) is 1.00. The maximum Gasteiger partial charge on any atom is 0.208 e. The molecule has 0 saturated heterocycles. The topological polar surface area (TPSA) is 81.4 Å². The maximum absolute atomic E-state index is 10.5. The van der Waals surface area contributed by atoms with Gasteiger partial charge in [-0.2, -0.15) is 0 Å². The van der Waals surface area contributed by atoms with E-state index in [9.17, 15) is 8.42 Å². The van der Waals surface area contributed by atoms with Crippen molar-refractivity contribution in [2.75, 3.05) is 32.6 Å². The molecule has 0 atom stereocenters. The van der Waals surface area contributed by atoms with Gasteiger partial charge in [-0.1, -0.05) is 0 Å². The third-order valence-corrected chi connectivity index (χ3v) is 1.82. The first-order valence-electron chi connectivity index (χ1n) is 3.78. The van der Waals surface area contributed by atoms with Gasteiger partial charge in [0.2, 0.25) is 10.0 Å². The Morgan fingerprint density at radius 1 is 1.42 bits per heavy atom. The number of hydrogen-bond donors (Lipinski definition) is 2. The highest BCUT2D eigenvalue weighted by atomic mass is 32.2. The molecule has 0 spiro atoms. The van der Waals surface area contributed by atoms with E-state index in [4.69, 9.17) is 10.5 Å². The summed E-state index contributed by atoms with van der Waals surface area (Å²) in [6, 6.07) is 0. The van der Waals surface area contributed by atoms with Crippen LogP contribution in [-0.4, -0.2) is 41.0 Å². The fourth-order valence-corrected chi connectivity index (χ4v) is 1.13. The molecule has 0 aliphatic heterocycles. The summed E-state index contributed by atoms with van der Waals surface area (Å²) in [5.41, 5.74) is 5.18. The van der Waals surface area contributed by atoms with Crippen LogP contribution in [0, 0.1) is 0 Å². The van der Waals surface area contributed by atoms with Crippen molar-refractivity contribution < 1.29 is 13.2 Å². The van der Waals surface area contributed by atoms with E-state index >= 15 is 0 Å². The van der Waals surface area contributed by atoms with Crippen molar-refractivity contribution >= 4 is 10.0 Å². The first-order valence-corrected chi connectivity index (χ1v) is 5.68. The number of rotatable bonds is 7. The standard InChI is InChI=1S/C6H16N2O3S/c1-12(9,10)8-4-2-5-11-6-3-7/h8H,2-7H2,1H3. The Morgan fingerprint density at radius 2 is 2.08 bits per heavy atom. The van der Waals surface area contributed by atoms with Gasteiger partial charge < -0.3 is 10.5 Å². The summed E-state index contributed by atoms with van der Waals surface area (Å²) in [7, 11) is -3.05. The monoisotopic (exact) mass is 196 g/mol. The fourth-order valence-electron chi connectivity index (χ4n) is 0.617. The molecule has 5 nitrogen and oxygen atoms in total. The molecule has 0 rings (SSSR count). The number of sulfonamides is 1. The highest BCUT2D eigenvalue weighted by Crippen LogP contribution is 1.81. The summed E-state index contributed by atoms with van der Waals surface area (Å²) in [5, 5.41) is 0. The van der Waals surface area contributed by atoms with Crippen LogP contribution < -0.4 is 10.5 Å². The summed E-state index contributed by atoms with van der Waals surface area (Å²) < 4.78 is 28.5. The minimum Gasteiger partial charge on any atom is -0.380 e. The number of nitrogens with one attached hydrogen (secondary N) is 1. The molecule has 0 aliphatic rings. The van der Waals surface area contributed by atoms with Crippen LogP contribution in [-0.2, 0) is 14.8 Å². The smallest absolute Gasteiger partial charge is 0.208 e. The lowest BCUT2D eigenvalue weighted by Gasteiger charge is -2.02. The normalized spacial score (nSPS) is 11.8. The second-order valence-electron chi connectivity index (χ2n) is 2.42. The Balaban J connectivity index is 3.12. The summed E-state index contributed by atoms with van der Waals surface area (Å²) >= 11 is 0. The summed E-state index contributed by atoms with van der Waals surface area (Å²) in [5.74, 6) is 0. The van der Waals surface area contributed by atoms with Gasteiger partial charge >= 0.3 is 0 Å². The lowest BCUT2D eigenvalue weighted by atomic mass is 10.5. The van der Waals surface area contributed by atoms with E-state index in [1.807, 2.05) is 0 Å². The first-order chi connectivity index (χ1) is 5.56. The Kier molecular flexibility index (Phi) is 6.27. The maximum atomic E-state index is 10.5. The second kappa shape index (κ2) is 6.36. The molecule has 0 bridgehead atoms. The zero-order chi connectivity index (χ0) is 9.45. The van der Waals surface area contributed by atoms with E-state index in [-0.39, 0.29) is 0 Å². The Bertz CT molecular complexity index is 191. The lowest BCUT2D eigenvalue weighted by molar-refractivity contribution is 0.140. The quantitative estimate of drug-likeness (QED) is 0.506. The minimum absolute atomic E-state index is 0.420. The largest absolute Gasteiger partial charge is 0.380 e. The van der Waals surface area contributed by atoms with Crippen molar-refractivity contribution in [2.24, 2.45) is 5.73 Å². The predicted octanol–water partition coefficient (Wildman–Crippen LogP) is -1.10. The van der Waals surface area contributed by atoms with Crippen LogP contribution in [0.5, 0.6) is 0 Å². The molecule has 74 valence electrons. The molecule has 0 amide bonds. The van der Waals surface area contributed by atoms with Gasteiger partial charge in [-0.05, 0) is 6.42 Å². The predicted molar refractivity (Wildman–Crippen MR) is 47.3 cm³/mol. The molecule has 3 N–H and O–H groups in total. The summed E-state index contributed by atoms with van der Waals surface area (Å²) in [6.45, 7) is 1.99. The van der Waals surface area contributed by atoms with Crippen molar-refractivity contribution in [3.05, 3.63) is 0 Å². The van der Waals surface area contributed by atoms with Crippen LogP contribution >= 0.6 is 0 Å². The third kappa shape index (κ3) is 9.83. The van der Waals surface area contributed by atoms with E-state index in [0.717, 1.165) is 6.26 Å². The number of nitrogens with two attached hydrogens (primary N) is 1. The van der Waals surface area contributed by atoms with Crippen molar-refractivity contribution in [3.63, 3.8) is 0 Å². The van der Waals surface area contributed by atoms with E-state index in [0.29, 0.717) is 32.7 Å². The Morgan fingerprint density at radius 3 is 2.58 bits per heavy atom. The van der Waals surface area contributed by atoms with Crippen molar-refractivity contribution in [1.29, 1.82) is 0 Å². The molecule has 12 heavy (non-hydrogen) atoms.